The van der Waals surface area contributed by atoms with E-state index in [1.165, 1.54) is 16.7 Å². The molecule has 2 heterocycles. The molecule has 0 saturated carbocycles. The Morgan fingerprint density at radius 2 is 1.81 bits per heavy atom. The number of nitrogens with one attached hydrogen (secondary N) is 1. The Bertz CT molecular complexity index is 1230. The lowest BCUT2D eigenvalue weighted by Gasteiger charge is -2.42. The minimum Gasteiger partial charge on any atom is -0.322 e. The number of carbonyl (C=O) groups is 2. The maximum atomic E-state index is 13.3. The van der Waals surface area contributed by atoms with E-state index in [0.29, 0.717) is 34.0 Å². The Labute approximate surface area is 184 Å². The number of nitrogens with zero attached hydrogens (tertiary/aromatic N) is 3. The molecule has 0 fully saturated rings. The molecule has 0 saturated heterocycles. The third-order valence-electron chi connectivity index (χ3n) is 5.36. The van der Waals surface area contributed by atoms with Crippen molar-refractivity contribution < 1.29 is 9.59 Å². The van der Waals surface area contributed by atoms with Crippen LogP contribution in [0.5, 0.6) is 0 Å². The predicted octanol–water partition coefficient (Wildman–Crippen LogP) is 3.66. The number of rotatable bonds is 5. The molecule has 2 aromatic carbocycles. The molecule has 1 aliphatic rings. The van der Waals surface area contributed by atoms with Gasteiger partial charge in [-0.1, -0.05) is 43.0 Å². The molecular formula is C23H24N4O3S. The van der Waals surface area contributed by atoms with E-state index in [0.717, 1.165) is 6.42 Å². The summed E-state index contributed by atoms with van der Waals surface area (Å²) in [6.07, 6.45) is 0.772. The van der Waals surface area contributed by atoms with Crippen molar-refractivity contribution in [1.82, 2.24) is 9.55 Å². The van der Waals surface area contributed by atoms with E-state index in [4.69, 9.17) is 0 Å². The van der Waals surface area contributed by atoms with Gasteiger partial charge < -0.3 is 5.32 Å². The number of aromatic nitrogens is 2. The minimum atomic E-state index is -1.04. The maximum Gasteiger partial charge on any atom is 0.262 e. The van der Waals surface area contributed by atoms with Crippen LogP contribution >= 0.6 is 11.8 Å². The molecule has 31 heavy (non-hydrogen) atoms. The van der Waals surface area contributed by atoms with Gasteiger partial charge in [-0.25, -0.2) is 4.98 Å². The van der Waals surface area contributed by atoms with Crippen LogP contribution in [0.1, 0.15) is 27.2 Å². The SMILES string of the molecule is CCCn1c(SCC(=O)N2c3ccccc3NC(=O)C2(C)C)nc2ccccc2c1=O. The van der Waals surface area contributed by atoms with Gasteiger partial charge in [-0.3, -0.25) is 23.9 Å². The molecule has 4 rings (SSSR count). The van der Waals surface area contributed by atoms with E-state index in [9.17, 15) is 14.4 Å². The van der Waals surface area contributed by atoms with E-state index in [-0.39, 0.29) is 23.1 Å². The summed E-state index contributed by atoms with van der Waals surface area (Å²) in [5, 5.41) is 3.94. The highest BCUT2D eigenvalue weighted by molar-refractivity contribution is 7.99. The second-order valence-electron chi connectivity index (χ2n) is 7.92. The Kier molecular flexibility index (Phi) is 5.58. The summed E-state index contributed by atoms with van der Waals surface area (Å²) in [7, 11) is 0. The van der Waals surface area contributed by atoms with E-state index in [1.54, 1.807) is 36.6 Å². The third-order valence-corrected chi connectivity index (χ3v) is 6.32. The number of carbonyl (C=O) groups excluding carboxylic acids is 2. The first-order chi connectivity index (χ1) is 14.8. The van der Waals surface area contributed by atoms with Gasteiger partial charge >= 0.3 is 0 Å². The van der Waals surface area contributed by atoms with Crippen molar-refractivity contribution in [2.75, 3.05) is 16.0 Å². The summed E-state index contributed by atoms with van der Waals surface area (Å²) in [6.45, 7) is 5.96. The minimum absolute atomic E-state index is 0.0551. The quantitative estimate of drug-likeness (QED) is 0.487. The molecule has 2 amide bonds. The molecule has 0 unspecified atom stereocenters. The van der Waals surface area contributed by atoms with Gasteiger partial charge in [-0.05, 0) is 44.5 Å². The number of amides is 2. The average molecular weight is 437 g/mol. The number of fused-ring (bicyclic) bond motifs is 2. The summed E-state index contributed by atoms with van der Waals surface area (Å²) in [5.74, 6) is -0.404. The number of anilines is 2. The Morgan fingerprint density at radius 3 is 2.58 bits per heavy atom. The van der Waals surface area contributed by atoms with Crippen molar-refractivity contribution in [1.29, 1.82) is 0 Å². The van der Waals surface area contributed by atoms with Gasteiger partial charge in [0, 0.05) is 6.54 Å². The van der Waals surface area contributed by atoms with Crippen LogP contribution in [0, 0.1) is 0 Å². The van der Waals surface area contributed by atoms with Crippen LogP contribution in [0.2, 0.25) is 0 Å². The van der Waals surface area contributed by atoms with Crippen molar-refractivity contribution in [3.8, 4) is 0 Å². The molecule has 0 bridgehead atoms. The second-order valence-corrected chi connectivity index (χ2v) is 8.86. The van der Waals surface area contributed by atoms with E-state index >= 15 is 0 Å². The Morgan fingerprint density at radius 1 is 1.10 bits per heavy atom. The molecule has 0 radical (unpaired) electrons. The highest BCUT2D eigenvalue weighted by Gasteiger charge is 2.43. The maximum absolute atomic E-state index is 13.3. The monoisotopic (exact) mass is 436 g/mol. The molecular weight excluding hydrogens is 412 g/mol. The van der Waals surface area contributed by atoms with Gasteiger partial charge in [0.1, 0.15) is 5.54 Å². The van der Waals surface area contributed by atoms with E-state index < -0.39 is 5.54 Å². The van der Waals surface area contributed by atoms with Crippen LogP contribution in [-0.2, 0) is 16.1 Å². The number of benzene rings is 2. The van der Waals surface area contributed by atoms with Crippen molar-refractivity contribution in [2.45, 2.75) is 44.4 Å². The Balaban J connectivity index is 1.67. The highest BCUT2D eigenvalue weighted by atomic mass is 32.2. The van der Waals surface area contributed by atoms with Crippen LogP contribution in [0.3, 0.4) is 0 Å². The summed E-state index contributed by atoms with van der Waals surface area (Å²) >= 11 is 1.22. The summed E-state index contributed by atoms with van der Waals surface area (Å²) in [5.41, 5.74) is 0.738. The molecule has 7 nitrogen and oxygen atoms in total. The van der Waals surface area contributed by atoms with E-state index in [1.807, 2.05) is 37.3 Å². The topological polar surface area (TPSA) is 84.3 Å². The van der Waals surface area contributed by atoms with Crippen LogP contribution in [0.25, 0.3) is 10.9 Å². The number of thioether (sulfide) groups is 1. The van der Waals surface area contributed by atoms with Crippen molar-refractivity contribution in [3.05, 3.63) is 58.9 Å². The normalized spacial score (nSPS) is 14.9. The second kappa shape index (κ2) is 8.19. The first kappa shape index (κ1) is 21.1. The zero-order chi connectivity index (χ0) is 22.2. The predicted molar refractivity (Wildman–Crippen MR) is 124 cm³/mol. The summed E-state index contributed by atoms with van der Waals surface area (Å²) in [6, 6.07) is 14.5. The fourth-order valence-corrected chi connectivity index (χ4v) is 4.64. The smallest absolute Gasteiger partial charge is 0.262 e. The lowest BCUT2D eigenvalue weighted by molar-refractivity contribution is -0.125. The van der Waals surface area contributed by atoms with Crippen molar-refractivity contribution in [2.24, 2.45) is 0 Å². The molecule has 8 heteroatoms. The lowest BCUT2D eigenvalue weighted by Crippen LogP contribution is -2.59. The average Bonchev–Trinajstić information content (AvgIpc) is 2.75. The first-order valence-electron chi connectivity index (χ1n) is 10.2. The van der Waals surface area contributed by atoms with Crippen LogP contribution in [-0.4, -0.2) is 32.7 Å². The van der Waals surface area contributed by atoms with Gasteiger partial charge in [-0.15, -0.1) is 0 Å². The molecule has 1 N–H and O–H groups in total. The van der Waals surface area contributed by atoms with Gasteiger partial charge in [0.05, 0.1) is 28.0 Å². The van der Waals surface area contributed by atoms with Crippen molar-refractivity contribution >= 4 is 45.9 Å². The van der Waals surface area contributed by atoms with Crippen LogP contribution < -0.4 is 15.8 Å². The number of para-hydroxylation sites is 3. The largest absolute Gasteiger partial charge is 0.322 e. The van der Waals surface area contributed by atoms with Crippen molar-refractivity contribution in [3.63, 3.8) is 0 Å². The van der Waals surface area contributed by atoms with Crippen LogP contribution in [0.4, 0.5) is 11.4 Å². The third kappa shape index (κ3) is 3.72. The summed E-state index contributed by atoms with van der Waals surface area (Å²) < 4.78 is 1.63. The fraction of sp³-hybridized carbons (Fsp3) is 0.304. The lowest BCUT2D eigenvalue weighted by atomic mass is 9.96. The van der Waals surface area contributed by atoms with Gasteiger partial charge in [0.15, 0.2) is 5.16 Å². The zero-order valence-corrected chi connectivity index (χ0v) is 18.5. The van der Waals surface area contributed by atoms with Gasteiger partial charge in [-0.2, -0.15) is 0 Å². The van der Waals surface area contributed by atoms with Gasteiger partial charge in [0.2, 0.25) is 11.8 Å². The standard InChI is InChI=1S/C23H24N4O3S/c1-4-13-26-20(29)15-9-5-6-10-16(15)25-22(26)31-14-19(28)27-18-12-8-7-11-17(18)24-21(30)23(27,2)3/h5-12H,4,13-14H2,1-3H3,(H,24,30). The molecule has 160 valence electrons. The molecule has 3 aromatic rings. The van der Waals surface area contributed by atoms with Gasteiger partial charge in [0.25, 0.3) is 5.56 Å². The fourth-order valence-electron chi connectivity index (χ4n) is 3.77. The number of hydrogen-bond donors (Lipinski definition) is 1. The van der Waals surface area contributed by atoms with Crippen LogP contribution in [0.15, 0.2) is 58.5 Å². The molecule has 1 aromatic heterocycles. The number of hydrogen-bond acceptors (Lipinski definition) is 5. The Hall–Kier alpha value is -3.13. The highest BCUT2D eigenvalue weighted by Crippen LogP contribution is 2.37. The molecule has 0 atom stereocenters. The zero-order valence-electron chi connectivity index (χ0n) is 17.7. The molecule has 0 spiro atoms. The first-order valence-corrected chi connectivity index (χ1v) is 11.2. The molecule has 1 aliphatic heterocycles. The summed E-state index contributed by atoms with van der Waals surface area (Å²) in [4.78, 5) is 45.1. The van der Waals surface area contributed by atoms with E-state index in [2.05, 4.69) is 10.3 Å². The molecule has 0 aliphatic carbocycles.